The smallest absolute Gasteiger partial charge is 0.173 e. The fourth-order valence-electron chi connectivity index (χ4n) is 1.33. The lowest BCUT2D eigenvalue weighted by Gasteiger charge is -2.27. The summed E-state index contributed by atoms with van der Waals surface area (Å²) in [6, 6.07) is 0. The van der Waals surface area contributed by atoms with Crippen LogP contribution in [0.4, 0.5) is 0 Å². The largest absolute Gasteiger partial charge is 0.294 e. The number of carbonyl (C=O) groups excluding carboxylic acids is 2. The fourth-order valence-corrected chi connectivity index (χ4v) is 1.33. The van der Waals surface area contributed by atoms with Gasteiger partial charge in [-0.25, -0.2) is 0 Å². The number of ketones is 2. The molecule has 0 heterocycles. The Labute approximate surface area is 52.6 Å². The highest BCUT2D eigenvalue weighted by Crippen LogP contribution is 2.33. The topological polar surface area (TPSA) is 34.1 Å². The summed E-state index contributed by atoms with van der Waals surface area (Å²) in [4.78, 5) is 21.5. The van der Waals surface area contributed by atoms with Crippen molar-refractivity contribution in [3.63, 3.8) is 0 Å². The number of hydrogen-bond donors (Lipinski definition) is 0. The molecule has 0 aromatic rings. The molecule has 2 bridgehead atoms. The van der Waals surface area contributed by atoms with Crippen molar-refractivity contribution >= 4 is 11.6 Å². The maximum Gasteiger partial charge on any atom is 0.173 e. The molecule has 0 saturated heterocycles. The van der Waals surface area contributed by atoms with Crippen LogP contribution >= 0.6 is 0 Å². The molecule has 0 aromatic carbocycles. The van der Waals surface area contributed by atoms with Gasteiger partial charge < -0.3 is 0 Å². The SMILES string of the molecule is O=C1CCC2C=C1C2=O. The van der Waals surface area contributed by atoms with Gasteiger partial charge in [-0.1, -0.05) is 6.08 Å². The second-order valence-electron chi connectivity index (χ2n) is 2.51. The van der Waals surface area contributed by atoms with Crippen LogP contribution < -0.4 is 0 Å². The predicted molar refractivity (Wildman–Crippen MR) is 30.8 cm³/mol. The molecule has 46 valence electrons. The van der Waals surface area contributed by atoms with Crippen molar-refractivity contribution in [2.45, 2.75) is 12.8 Å². The quantitative estimate of drug-likeness (QED) is 0.438. The van der Waals surface area contributed by atoms with E-state index in [-0.39, 0.29) is 17.5 Å². The molecule has 3 rings (SSSR count). The van der Waals surface area contributed by atoms with Crippen molar-refractivity contribution in [1.29, 1.82) is 0 Å². The van der Waals surface area contributed by atoms with Crippen LogP contribution in [0.2, 0.25) is 0 Å². The highest BCUT2D eigenvalue weighted by Gasteiger charge is 2.38. The van der Waals surface area contributed by atoms with Gasteiger partial charge in [-0.3, -0.25) is 9.59 Å². The van der Waals surface area contributed by atoms with Gasteiger partial charge in [0.2, 0.25) is 0 Å². The molecule has 2 heteroatoms. The number of allylic oxidation sites excluding steroid dienone is 2. The van der Waals surface area contributed by atoms with Gasteiger partial charge in [0.15, 0.2) is 11.6 Å². The van der Waals surface area contributed by atoms with Crippen LogP contribution in [0.15, 0.2) is 11.6 Å². The van der Waals surface area contributed by atoms with Crippen LogP contribution in [0.1, 0.15) is 12.8 Å². The van der Waals surface area contributed by atoms with Crippen molar-refractivity contribution in [1.82, 2.24) is 0 Å². The first kappa shape index (κ1) is 4.91. The van der Waals surface area contributed by atoms with E-state index in [1.54, 1.807) is 6.08 Å². The first-order chi connectivity index (χ1) is 4.29. The van der Waals surface area contributed by atoms with Crippen LogP contribution in [-0.2, 0) is 9.59 Å². The first-order valence-corrected chi connectivity index (χ1v) is 3.08. The number of fused-ring (bicyclic) bond motifs is 2. The number of carbonyl (C=O) groups is 2. The summed E-state index contributed by atoms with van der Waals surface area (Å²) in [5, 5.41) is 0. The first-order valence-electron chi connectivity index (χ1n) is 3.08. The van der Waals surface area contributed by atoms with Crippen molar-refractivity contribution in [2.24, 2.45) is 5.92 Å². The highest BCUT2D eigenvalue weighted by molar-refractivity contribution is 6.27. The van der Waals surface area contributed by atoms with Crippen molar-refractivity contribution in [2.75, 3.05) is 0 Å². The average molecular weight is 122 g/mol. The van der Waals surface area contributed by atoms with Crippen molar-refractivity contribution in [3.05, 3.63) is 11.6 Å². The molecular weight excluding hydrogens is 116 g/mol. The zero-order valence-corrected chi connectivity index (χ0v) is 4.89. The van der Waals surface area contributed by atoms with Gasteiger partial charge in [-0.05, 0) is 6.42 Å². The van der Waals surface area contributed by atoms with Crippen LogP contribution in [0.5, 0.6) is 0 Å². The summed E-state index contributed by atoms with van der Waals surface area (Å²) in [5.41, 5.74) is 0.464. The molecule has 0 amide bonds. The molecule has 9 heavy (non-hydrogen) atoms. The van der Waals surface area contributed by atoms with Gasteiger partial charge >= 0.3 is 0 Å². The van der Waals surface area contributed by atoms with Crippen molar-refractivity contribution < 1.29 is 9.59 Å². The molecule has 0 N–H and O–H groups in total. The van der Waals surface area contributed by atoms with Gasteiger partial charge in [0.25, 0.3) is 0 Å². The third-order valence-electron chi connectivity index (χ3n) is 1.95. The van der Waals surface area contributed by atoms with E-state index >= 15 is 0 Å². The van der Waals surface area contributed by atoms with E-state index in [9.17, 15) is 9.59 Å². The molecule has 3 aliphatic rings. The second kappa shape index (κ2) is 1.32. The van der Waals surface area contributed by atoms with Gasteiger partial charge in [0.05, 0.1) is 5.57 Å². The molecule has 2 nitrogen and oxygen atoms in total. The van der Waals surface area contributed by atoms with E-state index in [4.69, 9.17) is 0 Å². The monoisotopic (exact) mass is 122 g/mol. The fraction of sp³-hybridized carbons (Fsp3) is 0.429. The molecule has 1 atom stereocenters. The molecule has 1 unspecified atom stereocenters. The molecule has 1 fully saturated rings. The minimum absolute atomic E-state index is 0.0440. The minimum Gasteiger partial charge on any atom is -0.294 e. The zero-order valence-electron chi connectivity index (χ0n) is 4.89. The van der Waals surface area contributed by atoms with Gasteiger partial charge in [-0.2, -0.15) is 0 Å². The van der Waals surface area contributed by atoms with Gasteiger partial charge in [0.1, 0.15) is 0 Å². The molecule has 0 aromatic heterocycles. The minimum atomic E-state index is 0.0440. The van der Waals surface area contributed by atoms with Crippen LogP contribution in [0.3, 0.4) is 0 Å². The molecule has 0 aliphatic heterocycles. The Bertz CT molecular complexity index is 225. The van der Waals surface area contributed by atoms with Gasteiger partial charge in [-0.15, -0.1) is 0 Å². The summed E-state index contributed by atoms with van der Waals surface area (Å²) in [6.07, 6.45) is 3.12. The Balaban J connectivity index is 2.43. The van der Waals surface area contributed by atoms with E-state index in [1.807, 2.05) is 0 Å². The summed E-state index contributed by atoms with van der Waals surface area (Å²) in [5.74, 6) is 0.228. The number of Topliss-reactive ketones (excluding diaryl/α,β-unsaturated/α-hetero) is 2. The third kappa shape index (κ3) is 0.453. The van der Waals surface area contributed by atoms with Crippen LogP contribution in [-0.4, -0.2) is 11.6 Å². The van der Waals surface area contributed by atoms with Crippen LogP contribution in [0, 0.1) is 5.92 Å². The maximum absolute atomic E-state index is 10.8. The summed E-state index contributed by atoms with van der Waals surface area (Å²) < 4.78 is 0. The summed E-state index contributed by atoms with van der Waals surface area (Å²) in [6.45, 7) is 0. The van der Waals surface area contributed by atoms with Crippen molar-refractivity contribution in [3.8, 4) is 0 Å². The van der Waals surface area contributed by atoms with E-state index in [0.717, 1.165) is 6.42 Å². The second-order valence-corrected chi connectivity index (χ2v) is 2.51. The lowest BCUT2D eigenvalue weighted by atomic mass is 9.73. The normalized spacial score (nSPS) is 31.6. The average Bonchev–Trinajstić information content (AvgIpc) is 1.86. The van der Waals surface area contributed by atoms with E-state index in [2.05, 4.69) is 0 Å². The Hall–Kier alpha value is -0.920. The highest BCUT2D eigenvalue weighted by atomic mass is 16.2. The van der Waals surface area contributed by atoms with Gasteiger partial charge in [0, 0.05) is 12.3 Å². The standard InChI is InChI=1S/C7H6O2/c8-6-2-1-4-3-5(6)7(4)9/h3-4H,1-2H2. The Kier molecular flexibility index (Phi) is 0.721. The Morgan fingerprint density at radius 3 is 2.56 bits per heavy atom. The lowest BCUT2D eigenvalue weighted by molar-refractivity contribution is -0.127. The number of rotatable bonds is 0. The predicted octanol–water partition coefficient (Wildman–Crippen LogP) is 0.475. The Morgan fingerprint density at radius 2 is 2.22 bits per heavy atom. The molecule has 1 saturated carbocycles. The lowest BCUT2D eigenvalue weighted by Crippen LogP contribution is -2.35. The van der Waals surface area contributed by atoms with E-state index in [0.29, 0.717) is 12.0 Å². The number of hydrogen-bond acceptors (Lipinski definition) is 2. The Morgan fingerprint density at radius 1 is 1.44 bits per heavy atom. The van der Waals surface area contributed by atoms with E-state index in [1.165, 1.54) is 0 Å². The molecular formula is C7H6O2. The van der Waals surface area contributed by atoms with Crippen LogP contribution in [0.25, 0.3) is 0 Å². The summed E-state index contributed by atoms with van der Waals surface area (Å²) in [7, 11) is 0. The van der Waals surface area contributed by atoms with E-state index < -0.39 is 0 Å². The molecule has 0 spiro atoms. The maximum atomic E-state index is 10.8. The zero-order chi connectivity index (χ0) is 6.43. The molecule has 3 aliphatic carbocycles. The third-order valence-corrected chi connectivity index (χ3v) is 1.95. The summed E-state index contributed by atoms with van der Waals surface area (Å²) >= 11 is 0. The molecule has 0 radical (unpaired) electrons.